The zero-order chi connectivity index (χ0) is 13.0. The number of hydrogen-bond acceptors (Lipinski definition) is 3. The molecule has 0 aliphatic heterocycles. The van der Waals surface area contributed by atoms with E-state index in [9.17, 15) is 14.7 Å². The van der Waals surface area contributed by atoms with Crippen LogP contribution < -0.4 is 10.4 Å². The average molecular weight is 252 g/mol. The molecule has 2 aliphatic rings. The first-order chi connectivity index (χ1) is 8.68. The Kier molecular flexibility index (Phi) is 4.61. The molecule has 0 unspecified atom stereocenters. The lowest BCUT2D eigenvalue weighted by molar-refractivity contribution is -0.314. The van der Waals surface area contributed by atoms with Gasteiger partial charge < -0.3 is 15.2 Å². The molecule has 0 aromatic heterocycles. The van der Waals surface area contributed by atoms with Gasteiger partial charge in [-0.05, 0) is 25.7 Å². The molecule has 2 atom stereocenters. The van der Waals surface area contributed by atoms with E-state index in [1.165, 1.54) is 19.3 Å². The molecule has 2 aliphatic carbocycles. The van der Waals surface area contributed by atoms with Crippen LogP contribution in [0.4, 0.5) is 0 Å². The standard InChI is InChI=1S/C14H23NO3/c16-13(15-10-6-2-1-3-7-10)11-8-4-5-9-12(11)14(17)18/h10-12H,1-9H2,(H,15,16)(H,17,18)/p-1/t11-,12-/m0/s1. The molecule has 1 amide bonds. The summed E-state index contributed by atoms with van der Waals surface area (Å²) in [6.07, 6.45) is 8.78. The predicted molar refractivity (Wildman–Crippen MR) is 65.5 cm³/mol. The normalized spacial score (nSPS) is 29.8. The van der Waals surface area contributed by atoms with Crippen LogP contribution >= 0.6 is 0 Å². The molecule has 0 saturated heterocycles. The lowest BCUT2D eigenvalue weighted by Crippen LogP contribution is -2.47. The van der Waals surface area contributed by atoms with E-state index in [1.54, 1.807) is 0 Å². The van der Waals surface area contributed by atoms with Gasteiger partial charge in [0, 0.05) is 23.8 Å². The summed E-state index contributed by atoms with van der Waals surface area (Å²) in [4.78, 5) is 23.2. The molecule has 4 heteroatoms. The zero-order valence-electron chi connectivity index (χ0n) is 10.8. The van der Waals surface area contributed by atoms with Crippen molar-refractivity contribution in [1.29, 1.82) is 0 Å². The molecule has 4 nitrogen and oxygen atoms in total. The van der Waals surface area contributed by atoms with Crippen molar-refractivity contribution in [3.8, 4) is 0 Å². The van der Waals surface area contributed by atoms with Crippen molar-refractivity contribution in [1.82, 2.24) is 5.32 Å². The van der Waals surface area contributed by atoms with Crippen molar-refractivity contribution < 1.29 is 14.7 Å². The Morgan fingerprint density at radius 1 is 0.833 bits per heavy atom. The summed E-state index contributed by atoms with van der Waals surface area (Å²) in [5.74, 6) is -2.07. The summed E-state index contributed by atoms with van der Waals surface area (Å²) in [7, 11) is 0. The number of carbonyl (C=O) groups is 2. The van der Waals surface area contributed by atoms with E-state index in [2.05, 4.69) is 5.32 Å². The predicted octanol–water partition coefficient (Wildman–Crippen LogP) is 0.992. The Morgan fingerprint density at radius 2 is 1.39 bits per heavy atom. The Morgan fingerprint density at radius 3 is 2.00 bits per heavy atom. The molecule has 0 heterocycles. The Hall–Kier alpha value is -1.06. The van der Waals surface area contributed by atoms with E-state index >= 15 is 0 Å². The number of aliphatic carboxylic acids is 1. The number of carbonyl (C=O) groups excluding carboxylic acids is 2. The van der Waals surface area contributed by atoms with Gasteiger partial charge in [0.1, 0.15) is 0 Å². The second-order valence-electron chi connectivity index (χ2n) is 5.66. The van der Waals surface area contributed by atoms with Gasteiger partial charge in [0.2, 0.25) is 5.91 Å². The second-order valence-corrected chi connectivity index (χ2v) is 5.66. The van der Waals surface area contributed by atoms with Gasteiger partial charge in [0.15, 0.2) is 0 Å². The van der Waals surface area contributed by atoms with Crippen LogP contribution in [0.3, 0.4) is 0 Å². The summed E-state index contributed by atoms with van der Waals surface area (Å²) in [6, 6.07) is 0.260. The number of nitrogens with one attached hydrogen (secondary N) is 1. The van der Waals surface area contributed by atoms with E-state index in [4.69, 9.17) is 0 Å². The molecule has 0 aromatic rings. The van der Waals surface area contributed by atoms with E-state index in [0.29, 0.717) is 12.8 Å². The molecular weight excluding hydrogens is 230 g/mol. The van der Waals surface area contributed by atoms with Gasteiger partial charge in [-0.3, -0.25) is 4.79 Å². The summed E-state index contributed by atoms with van der Waals surface area (Å²) in [5.41, 5.74) is 0. The van der Waals surface area contributed by atoms with Gasteiger partial charge in [-0.15, -0.1) is 0 Å². The molecule has 0 bridgehead atoms. The maximum absolute atomic E-state index is 12.2. The van der Waals surface area contributed by atoms with Crippen LogP contribution in [0.15, 0.2) is 0 Å². The minimum absolute atomic E-state index is 0.0594. The monoisotopic (exact) mass is 252 g/mol. The molecule has 0 radical (unpaired) electrons. The minimum Gasteiger partial charge on any atom is -0.550 e. The van der Waals surface area contributed by atoms with Gasteiger partial charge in [-0.1, -0.05) is 32.1 Å². The largest absolute Gasteiger partial charge is 0.550 e. The Balaban J connectivity index is 1.91. The average Bonchev–Trinajstić information content (AvgIpc) is 2.40. The molecule has 102 valence electrons. The van der Waals surface area contributed by atoms with Crippen LogP contribution in [-0.4, -0.2) is 17.9 Å². The molecule has 2 fully saturated rings. The highest BCUT2D eigenvalue weighted by Crippen LogP contribution is 2.30. The number of hydrogen-bond donors (Lipinski definition) is 1. The second kappa shape index (κ2) is 6.21. The highest BCUT2D eigenvalue weighted by atomic mass is 16.4. The summed E-state index contributed by atoms with van der Waals surface area (Å²) in [6.45, 7) is 0. The first-order valence-corrected chi connectivity index (χ1v) is 7.19. The topological polar surface area (TPSA) is 69.2 Å². The molecule has 2 rings (SSSR count). The molecular formula is C14H22NO3-. The SMILES string of the molecule is O=C([O-])[C@H]1CCCC[C@@H]1C(=O)NC1CCCCC1. The lowest BCUT2D eigenvalue weighted by atomic mass is 9.78. The summed E-state index contributed by atoms with van der Waals surface area (Å²) >= 11 is 0. The van der Waals surface area contributed by atoms with Crippen molar-refractivity contribution in [3.63, 3.8) is 0 Å². The van der Waals surface area contributed by atoms with Gasteiger partial charge in [0.05, 0.1) is 0 Å². The fourth-order valence-electron chi connectivity index (χ4n) is 3.28. The van der Waals surface area contributed by atoms with E-state index < -0.39 is 11.9 Å². The van der Waals surface area contributed by atoms with Crippen LogP contribution in [0.2, 0.25) is 0 Å². The number of rotatable bonds is 3. The van der Waals surface area contributed by atoms with Crippen LogP contribution in [0.5, 0.6) is 0 Å². The van der Waals surface area contributed by atoms with E-state index in [0.717, 1.165) is 25.7 Å². The van der Waals surface area contributed by atoms with Crippen LogP contribution in [-0.2, 0) is 9.59 Å². The molecule has 0 aromatic carbocycles. The van der Waals surface area contributed by atoms with Crippen molar-refractivity contribution in [3.05, 3.63) is 0 Å². The van der Waals surface area contributed by atoms with Crippen molar-refractivity contribution in [2.45, 2.75) is 63.8 Å². The minimum atomic E-state index is -1.06. The zero-order valence-corrected chi connectivity index (χ0v) is 10.8. The van der Waals surface area contributed by atoms with Crippen LogP contribution in [0.1, 0.15) is 57.8 Å². The third kappa shape index (κ3) is 3.24. The molecule has 1 N–H and O–H groups in total. The quantitative estimate of drug-likeness (QED) is 0.814. The first kappa shape index (κ1) is 13.4. The summed E-state index contributed by atoms with van der Waals surface area (Å²) in [5, 5.41) is 14.1. The fourth-order valence-corrected chi connectivity index (χ4v) is 3.28. The van der Waals surface area contributed by atoms with Gasteiger partial charge in [-0.2, -0.15) is 0 Å². The Labute approximate surface area is 108 Å². The smallest absolute Gasteiger partial charge is 0.223 e. The van der Waals surface area contributed by atoms with E-state index in [1.807, 2.05) is 0 Å². The lowest BCUT2D eigenvalue weighted by Gasteiger charge is -2.33. The summed E-state index contributed by atoms with van der Waals surface area (Å²) < 4.78 is 0. The van der Waals surface area contributed by atoms with Crippen molar-refractivity contribution in [2.75, 3.05) is 0 Å². The highest BCUT2D eigenvalue weighted by molar-refractivity contribution is 5.84. The van der Waals surface area contributed by atoms with Gasteiger partial charge >= 0.3 is 0 Å². The van der Waals surface area contributed by atoms with Gasteiger partial charge in [-0.25, -0.2) is 0 Å². The fraction of sp³-hybridized carbons (Fsp3) is 0.857. The third-order valence-corrected chi connectivity index (χ3v) is 4.36. The first-order valence-electron chi connectivity index (χ1n) is 7.19. The maximum atomic E-state index is 12.2. The van der Waals surface area contributed by atoms with Crippen LogP contribution in [0.25, 0.3) is 0 Å². The molecule has 0 spiro atoms. The maximum Gasteiger partial charge on any atom is 0.223 e. The number of carboxylic acids is 1. The number of carboxylic acid groups (broad SMARTS) is 1. The molecule has 18 heavy (non-hydrogen) atoms. The number of amides is 1. The Bertz CT molecular complexity index is 310. The van der Waals surface area contributed by atoms with Crippen molar-refractivity contribution in [2.24, 2.45) is 11.8 Å². The van der Waals surface area contributed by atoms with E-state index in [-0.39, 0.29) is 17.9 Å². The third-order valence-electron chi connectivity index (χ3n) is 4.36. The van der Waals surface area contributed by atoms with Crippen molar-refractivity contribution >= 4 is 11.9 Å². The van der Waals surface area contributed by atoms with Crippen LogP contribution in [0, 0.1) is 11.8 Å². The molecule has 2 saturated carbocycles. The highest BCUT2D eigenvalue weighted by Gasteiger charge is 2.32. The van der Waals surface area contributed by atoms with Gasteiger partial charge in [0.25, 0.3) is 0 Å².